The van der Waals surface area contributed by atoms with Gasteiger partial charge in [0.2, 0.25) is 0 Å². The fraction of sp³-hybridized carbons (Fsp3) is 0.500. The van der Waals surface area contributed by atoms with Crippen molar-refractivity contribution in [2.75, 3.05) is 0 Å². The van der Waals surface area contributed by atoms with E-state index in [1.807, 2.05) is 17.5 Å². The summed E-state index contributed by atoms with van der Waals surface area (Å²) in [5, 5.41) is 11.7. The molecular formula is C12H14OS. The molecule has 0 unspecified atom stereocenters. The zero-order chi connectivity index (χ0) is 9.80. The van der Waals surface area contributed by atoms with E-state index in [1.54, 1.807) is 11.3 Å². The zero-order valence-electron chi connectivity index (χ0n) is 8.07. The number of aliphatic hydroxyl groups is 1. The van der Waals surface area contributed by atoms with E-state index in [4.69, 9.17) is 0 Å². The lowest BCUT2D eigenvalue weighted by molar-refractivity contribution is 0.0970. The Labute approximate surface area is 88.8 Å². The second-order valence-electron chi connectivity index (χ2n) is 3.70. The van der Waals surface area contributed by atoms with Crippen LogP contribution in [0.25, 0.3) is 0 Å². The Hall–Kier alpha value is -0.780. The lowest BCUT2D eigenvalue weighted by atomic mass is 9.87. The molecule has 0 bridgehead atoms. The van der Waals surface area contributed by atoms with E-state index < -0.39 is 0 Å². The molecule has 1 saturated carbocycles. The smallest absolute Gasteiger partial charge is 0.0768 e. The predicted octanol–water partition coefficient (Wildman–Crippen LogP) is 2.65. The average molecular weight is 206 g/mol. The number of rotatable bonds is 0. The molecule has 1 aliphatic rings. The van der Waals surface area contributed by atoms with Crippen LogP contribution in [0.15, 0.2) is 17.5 Å². The maximum atomic E-state index is 9.70. The fourth-order valence-corrected chi connectivity index (χ4v) is 2.37. The topological polar surface area (TPSA) is 20.2 Å². The maximum absolute atomic E-state index is 9.70. The van der Waals surface area contributed by atoms with Gasteiger partial charge in [0, 0.05) is 5.92 Å². The Morgan fingerprint density at radius 2 is 2.21 bits per heavy atom. The summed E-state index contributed by atoms with van der Waals surface area (Å²) in [6, 6.07) is 4.03. The molecule has 0 amide bonds. The second kappa shape index (κ2) is 4.63. The van der Waals surface area contributed by atoms with Gasteiger partial charge in [-0.1, -0.05) is 30.7 Å². The van der Waals surface area contributed by atoms with Gasteiger partial charge in [-0.2, -0.15) is 0 Å². The largest absolute Gasteiger partial charge is 0.392 e. The molecule has 1 fully saturated rings. The zero-order valence-corrected chi connectivity index (χ0v) is 8.89. The Morgan fingerprint density at radius 3 is 2.93 bits per heavy atom. The standard InChI is InChI=1S/C12H14OS/c13-12-6-2-1-4-10(12)7-8-11-5-3-9-14-11/h3,5,9-10,12-13H,1-2,4,6H2/t10-,12+/m1/s1. The first-order valence-corrected chi connectivity index (χ1v) is 5.97. The normalized spacial score (nSPS) is 26.6. The molecule has 0 spiro atoms. The molecule has 2 rings (SSSR count). The van der Waals surface area contributed by atoms with Crippen LogP contribution in [-0.4, -0.2) is 11.2 Å². The van der Waals surface area contributed by atoms with Gasteiger partial charge in [0.1, 0.15) is 0 Å². The number of hydrogen-bond donors (Lipinski definition) is 1. The molecular weight excluding hydrogens is 192 g/mol. The van der Waals surface area contributed by atoms with Gasteiger partial charge in [-0.25, -0.2) is 0 Å². The molecule has 1 aliphatic carbocycles. The van der Waals surface area contributed by atoms with Crippen molar-refractivity contribution in [2.24, 2.45) is 5.92 Å². The van der Waals surface area contributed by atoms with E-state index in [9.17, 15) is 5.11 Å². The van der Waals surface area contributed by atoms with Gasteiger partial charge >= 0.3 is 0 Å². The van der Waals surface area contributed by atoms with Crippen molar-refractivity contribution in [3.05, 3.63) is 22.4 Å². The lowest BCUT2D eigenvalue weighted by Crippen LogP contribution is -2.22. The van der Waals surface area contributed by atoms with Gasteiger partial charge < -0.3 is 5.11 Å². The van der Waals surface area contributed by atoms with Crippen molar-refractivity contribution in [3.8, 4) is 11.8 Å². The van der Waals surface area contributed by atoms with Crippen LogP contribution in [0.3, 0.4) is 0 Å². The predicted molar refractivity (Wildman–Crippen MR) is 59.2 cm³/mol. The van der Waals surface area contributed by atoms with Crippen LogP contribution in [0.5, 0.6) is 0 Å². The van der Waals surface area contributed by atoms with Crippen LogP contribution >= 0.6 is 11.3 Å². The van der Waals surface area contributed by atoms with Crippen LogP contribution in [-0.2, 0) is 0 Å². The molecule has 1 nitrogen and oxygen atoms in total. The van der Waals surface area contributed by atoms with E-state index in [1.165, 1.54) is 6.42 Å². The second-order valence-corrected chi connectivity index (χ2v) is 4.65. The fourth-order valence-electron chi connectivity index (χ4n) is 1.79. The summed E-state index contributed by atoms with van der Waals surface area (Å²) in [5.74, 6) is 6.52. The minimum absolute atomic E-state index is 0.198. The van der Waals surface area contributed by atoms with Crippen molar-refractivity contribution in [1.29, 1.82) is 0 Å². The van der Waals surface area contributed by atoms with E-state index in [0.29, 0.717) is 0 Å². The van der Waals surface area contributed by atoms with Crippen molar-refractivity contribution in [2.45, 2.75) is 31.8 Å². The molecule has 74 valence electrons. The van der Waals surface area contributed by atoms with Gasteiger partial charge in [-0.15, -0.1) is 11.3 Å². The molecule has 1 aromatic heterocycles. The van der Waals surface area contributed by atoms with Crippen molar-refractivity contribution in [3.63, 3.8) is 0 Å². The summed E-state index contributed by atoms with van der Waals surface area (Å²) < 4.78 is 0. The molecule has 14 heavy (non-hydrogen) atoms. The highest BCUT2D eigenvalue weighted by atomic mass is 32.1. The van der Waals surface area contributed by atoms with Gasteiger partial charge in [0.15, 0.2) is 0 Å². The van der Waals surface area contributed by atoms with Crippen LogP contribution < -0.4 is 0 Å². The third-order valence-corrected chi connectivity index (χ3v) is 3.42. The van der Waals surface area contributed by atoms with Gasteiger partial charge in [0.05, 0.1) is 11.0 Å². The van der Waals surface area contributed by atoms with E-state index in [-0.39, 0.29) is 12.0 Å². The lowest BCUT2D eigenvalue weighted by Gasteiger charge is -2.22. The Morgan fingerprint density at radius 1 is 1.36 bits per heavy atom. The maximum Gasteiger partial charge on any atom is 0.0768 e. The van der Waals surface area contributed by atoms with Crippen LogP contribution in [0, 0.1) is 17.8 Å². The summed E-state index contributed by atoms with van der Waals surface area (Å²) in [6.45, 7) is 0. The first kappa shape index (κ1) is 9.76. The minimum atomic E-state index is -0.198. The number of hydrogen-bond acceptors (Lipinski definition) is 2. The van der Waals surface area contributed by atoms with Crippen molar-refractivity contribution >= 4 is 11.3 Å². The highest BCUT2D eigenvalue weighted by Gasteiger charge is 2.20. The summed E-state index contributed by atoms with van der Waals surface area (Å²) in [6.07, 6.45) is 4.14. The Balaban J connectivity index is 2.01. The van der Waals surface area contributed by atoms with E-state index in [0.717, 1.165) is 24.1 Å². The Bertz CT molecular complexity index is 331. The Kier molecular flexibility index (Phi) is 3.23. The molecule has 0 radical (unpaired) electrons. The monoisotopic (exact) mass is 206 g/mol. The average Bonchev–Trinajstić information content (AvgIpc) is 2.69. The summed E-state index contributed by atoms with van der Waals surface area (Å²) in [4.78, 5) is 1.10. The molecule has 0 aromatic carbocycles. The summed E-state index contributed by atoms with van der Waals surface area (Å²) in [7, 11) is 0. The minimum Gasteiger partial charge on any atom is -0.392 e. The first-order chi connectivity index (χ1) is 6.86. The molecule has 1 heterocycles. The SMILES string of the molecule is O[C@H]1CCCC[C@@H]1C#Cc1cccs1. The van der Waals surface area contributed by atoms with Crippen molar-refractivity contribution in [1.82, 2.24) is 0 Å². The van der Waals surface area contributed by atoms with Crippen LogP contribution in [0.1, 0.15) is 30.6 Å². The first-order valence-electron chi connectivity index (χ1n) is 5.09. The molecule has 0 aliphatic heterocycles. The molecule has 2 heteroatoms. The third-order valence-electron chi connectivity index (χ3n) is 2.63. The van der Waals surface area contributed by atoms with Gasteiger partial charge in [-0.3, -0.25) is 0 Å². The molecule has 2 atom stereocenters. The summed E-state index contributed by atoms with van der Waals surface area (Å²) in [5.41, 5.74) is 0. The van der Waals surface area contributed by atoms with Crippen LogP contribution in [0.4, 0.5) is 0 Å². The van der Waals surface area contributed by atoms with E-state index >= 15 is 0 Å². The van der Waals surface area contributed by atoms with Gasteiger partial charge in [0.25, 0.3) is 0 Å². The van der Waals surface area contributed by atoms with Crippen molar-refractivity contribution < 1.29 is 5.11 Å². The highest BCUT2D eigenvalue weighted by Crippen LogP contribution is 2.23. The molecule has 1 aromatic rings. The number of thiophene rings is 1. The highest BCUT2D eigenvalue weighted by molar-refractivity contribution is 7.10. The van der Waals surface area contributed by atoms with Gasteiger partial charge in [-0.05, 0) is 24.3 Å². The number of aliphatic hydroxyl groups excluding tert-OH is 1. The molecule has 0 saturated heterocycles. The summed E-state index contributed by atoms with van der Waals surface area (Å²) >= 11 is 1.66. The third kappa shape index (κ3) is 2.37. The molecule has 1 N–H and O–H groups in total. The quantitative estimate of drug-likeness (QED) is 0.647. The van der Waals surface area contributed by atoms with Crippen LogP contribution in [0.2, 0.25) is 0 Å². The van der Waals surface area contributed by atoms with E-state index in [2.05, 4.69) is 11.8 Å².